The summed E-state index contributed by atoms with van der Waals surface area (Å²) in [5.74, 6) is 2.82. The van der Waals surface area contributed by atoms with Crippen LogP contribution in [0.4, 0.5) is 0 Å². The molecule has 0 spiro atoms. The average Bonchev–Trinajstić information content (AvgIpc) is 2.32. The van der Waals surface area contributed by atoms with Crippen LogP contribution in [0, 0.1) is 23.7 Å². The van der Waals surface area contributed by atoms with Gasteiger partial charge in [-0.25, -0.2) is 0 Å². The van der Waals surface area contributed by atoms with Gasteiger partial charge in [-0.05, 0) is 69.2 Å². The third kappa shape index (κ3) is 1.87. The van der Waals surface area contributed by atoms with Gasteiger partial charge in [-0.15, -0.1) is 0 Å². The van der Waals surface area contributed by atoms with E-state index in [0.717, 1.165) is 30.2 Å². The highest BCUT2D eigenvalue weighted by Crippen LogP contribution is 2.55. The quantitative estimate of drug-likeness (QED) is 0.835. The van der Waals surface area contributed by atoms with Gasteiger partial charge >= 0.3 is 5.97 Å². The minimum atomic E-state index is -0.661. The van der Waals surface area contributed by atoms with Crippen LogP contribution in [0.2, 0.25) is 0 Å². The van der Waals surface area contributed by atoms with Crippen molar-refractivity contribution in [2.75, 3.05) is 6.54 Å². The number of hydrogen-bond donors (Lipinski definition) is 1. The van der Waals surface area contributed by atoms with Gasteiger partial charge in [-0.3, -0.25) is 9.69 Å². The van der Waals surface area contributed by atoms with Crippen LogP contribution in [0.5, 0.6) is 0 Å². The molecule has 1 unspecified atom stereocenters. The molecule has 0 aliphatic heterocycles. The molecule has 0 amide bonds. The summed E-state index contributed by atoms with van der Waals surface area (Å²) in [5.41, 5.74) is 0. The highest BCUT2D eigenvalue weighted by molar-refractivity contribution is 5.72. The summed E-state index contributed by atoms with van der Waals surface area (Å²) in [7, 11) is 0. The van der Waals surface area contributed by atoms with Crippen molar-refractivity contribution in [1.29, 1.82) is 0 Å². The fourth-order valence-electron chi connectivity index (χ4n) is 5.32. The molecule has 3 heteroatoms. The van der Waals surface area contributed by atoms with Crippen molar-refractivity contribution in [3.63, 3.8) is 0 Å². The number of carboxylic acids is 1. The predicted molar refractivity (Wildman–Crippen MR) is 70.3 cm³/mol. The first-order chi connectivity index (χ1) is 8.60. The van der Waals surface area contributed by atoms with E-state index in [2.05, 4.69) is 11.8 Å². The smallest absolute Gasteiger partial charge is 0.320 e. The molecule has 0 heterocycles. The Bertz CT molecular complexity index is 313. The van der Waals surface area contributed by atoms with Crippen molar-refractivity contribution in [3.8, 4) is 0 Å². The third-order valence-electron chi connectivity index (χ3n) is 5.78. The van der Waals surface area contributed by atoms with E-state index in [9.17, 15) is 9.90 Å². The molecule has 1 atom stereocenters. The van der Waals surface area contributed by atoms with Crippen molar-refractivity contribution in [1.82, 2.24) is 4.90 Å². The molecule has 1 N–H and O–H groups in total. The number of hydrogen-bond acceptors (Lipinski definition) is 2. The van der Waals surface area contributed by atoms with Gasteiger partial charge in [0.15, 0.2) is 0 Å². The van der Waals surface area contributed by atoms with E-state index in [-0.39, 0.29) is 6.04 Å². The zero-order valence-electron chi connectivity index (χ0n) is 11.5. The normalized spacial score (nSPS) is 43.4. The molecule has 4 rings (SSSR count). The molecular formula is C15H25NO2. The lowest BCUT2D eigenvalue weighted by atomic mass is 9.53. The maximum Gasteiger partial charge on any atom is 0.320 e. The molecule has 3 nitrogen and oxygen atoms in total. The van der Waals surface area contributed by atoms with E-state index < -0.39 is 5.97 Å². The molecule has 0 aromatic heterocycles. The molecule has 4 saturated carbocycles. The molecule has 102 valence electrons. The lowest BCUT2D eigenvalue weighted by molar-refractivity contribution is -0.148. The maximum atomic E-state index is 11.3. The van der Waals surface area contributed by atoms with Gasteiger partial charge in [0.25, 0.3) is 0 Å². The molecular weight excluding hydrogens is 226 g/mol. The summed E-state index contributed by atoms with van der Waals surface area (Å²) in [5, 5.41) is 9.30. The lowest BCUT2D eigenvalue weighted by Gasteiger charge is -2.57. The van der Waals surface area contributed by atoms with Crippen molar-refractivity contribution in [3.05, 3.63) is 0 Å². The van der Waals surface area contributed by atoms with E-state index in [1.807, 2.05) is 6.92 Å². The minimum Gasteiger partial charge on any atom is -0.480 e. The Morgan fingerprint density at radius 1 is 1.17 bits per heavy atom. The van der Waals surface area contributed by atoms with Crippen molar-refractivity contribution in [2.45, 2.75) is 58.0 Å². The predicted octanol–water partition coefficient (Wildman–Crippen LogP) is 2.61. The molecule has 4 fully saturated rings. The number of likely N-dealkylation sites (N-methyl/N-ethyl adjacent to an activating group) is 1. The molecule has 4 aliphatic rings. The first kappa shape index (κ1) is 12.5. The van der Waals surface area contributed by atoms with Gasteiger partial charge in [0.05, 0.1) is 0 Å². The summed E-state index contributed by atoms with van der Waals surface area (Å²) in [6.07, 6.45) is 6.91. The van der Waals surface area contributed by atoms with E-state index >= 15 is 0 Å². The Morgan fingerprint density at radius 3 is 2.06 bits per heavy atom. The SMILES string of the molecule is CCN(C(C)C(=O)O)C1C2CC3CC(C2)CC1C3. The monoisotopic (exact) mass is 251 g/mol. The first-order valence-electron chi connectivity index (χ1n) is 7.58. The third-order valence-corrected chi connectivity index (χ3v) is 5.78. The highest BCUT2D eigenvalue weighted by Gasteiger charge is 2.50. The highest BCUT2D eigenvalue weighted by atomic mass is 16.4. The molecule has 4 bridgehead atoms. The number of nitrogens with zero attached hydrogens (tertiary/aromatic N) is 1. The molecule has 0 radical (unpaired) electrons. The molecule has 18 heavy (non-hydrogen) atoms. The second-order valence-electron chi connectivity index (χ2n) is 6.77. The number of rotatable bonds is 4. The zero-order chi connectivity index (χ0) is 12.9. The summed E-state index contributed by atoms with van der Waals surface area (Å²) in [4.78, 5) is 13.6. The van der Waals surface area contributed by atoms with Crippen molar-refractivity contribution < 1.29 is 9.90 Å². The first-order valence-corrected chi connectivity index (χ1v) is 7.58. The molecule has 0 aromatic rings. The van der Waals surface area contributed by atoms with Crippen LogP contribution in [-0.2, 0) is 4.79 Å². The summed E-state index contributed by atoms with van der Waals surface area (Å²) < 4.78 is 0. The van der Waals surface area contributed by atoms with Gasteiger partial charge in [-0.1, -0.05) is 6.92 Å². The van der Waals surface area contributed by atoms with Crippen LogP contribution in [0.1, 0.15) is 46.0 Å². The van der Waals surface area contributed by atoms with E-state index in [1.54, 1.807) is 0 Å². The van der Waals surface area contributed by atoms with Gasteiger partial charge < -0.3 is 5.11 Å². The van der Waals surface area contributed by atoms with Crippen LogP contribution in [0.3, 0.4) is 0 Å². The standard InChI is InChI=1S/C15H25NO2/c1-3-16(9(2)15(17)18)14-12-5-10-4-11(7-12)8-13(14)6-10/h9-14H,3-8H2,1-2H3,(H,17,18). The van der Waals surface area contributed by atoms with Crippen LogP contribution in [0.25, 0.3) is 0 Å². The van der Waals surface area contributed by atoms with E-state index in [0.29, 0.717) is 6.04 Å². The summed E-state index contributed by atoms with van der Waals surface area (Å²) >= 11 is 0. The van der Waals surface area contributed by atoms with E-state index in [4.69, 9.17) is 0 Å². The van der Waals surface area contributed by atoms with Crippen LogP contribution >= 0.6 is 0 Å². The topological polar surface area (TPSA) is 40.5 Å². The number of carboxylic acid groups (broad SMARTS) is 1. The Kier molecular flexibility index (Phi) is 3.13. The minimum absolute atomic E-state index is 0.322. The second kappa shape index (κ2) is 4.52. The van der Waals surface area contributed by atoms with Gasteiger partial charge in [0.1, 0.15) is 6.04 Å². The lowest BCUT2D eigenvalue weighted by Crippen LogP contribution is -2.59. The fraction of sp³-hybridized carbons (Fsp3) is 0.933. The van der Waals surface area contributed by atoms with Crippen molar-refractivity contribution in [2.24, 2.45) is 23.7 Å². The van der Waals surface area contributed by atoms with E-state index in [1.165, 1.54) is 32.1 Å². The Morgan fingerprint density at radius 2 is 1.67 bits per heavy atom. The Hall–Kier alpha value is -0.570. The average molecular weight is 251 g/mol. The fourth-order valence-corrected chi connectivity index (χ4v) is 5.32. The molecule has 4 aliphatic carbocycles. The Labute approximate surface area is 110 Å². The number of aliphatic carboxylic acids is 1. The summed E-state index contributed by atoms with van der Waals surface area (Å²) in [6.45, 7) is 4.85. The maximum absolute atomic E-state index is 11.3. The van der Waals surface area contributed by atoms with Crippen LogP contribution < -0.4 is 0 Å². The van der Waals surface area contributed by atoms with Crippen molar-refractivity contribution >= 4 is 5.97 Å². The Balaban J connectivity index is 1.80. The zero-order valence-corrected chi connectivity index (χ0v) is 11.5. The largest absolute Gasteiger partial charge is 0.480 e. The van der Waals surface area contributed by atoms with Gasteiger partial charge in [0.2, 0.25) is 0 Å². The molecule has 0 aromatic carbocycles. The molecule has 0 saturated heterocycles. The van der Waals surface area contributed by atoms with Gasteiger partial charge in [0, 0.05) is 6.04 Å². The second-order valence-corrected chi connectivity index (χ2v) is 6.77. The summed E-state index contributed by atoms with van der Waals surface area (Å²) in [6, 6.07) is 0.228. The van der Waals surface area contributed by atoms with Crippen LogP contribution in [0.15, 0.2) is 0 Å². The van der Waals surface area contributed by atoms with Gasteiger partial charge in [-0.2, -0.15) is 0 Å². The number of carbonyl (C=O) groups is 1. The van der Waals surface area contributed by atoms with Crippen LogP contribution in [-0.4, -0.2) is 34.6 Å².